The van der Waals surface area contributed by atoms with Gasteiger partial charge >= 0.3 is 11.9 Å². The number of nitrogens with zero attached hydrogens (tertiary/aromatic N) is 1. The lowest BCUT2D eigenvalue weighted by molar-refractivity contribution is -0.158. The normalized spacial score (nSPS) is 45.7. The highest BCUT2D eigenvalue weighted by molar-refractivity contribution is 5.87. The van der Waals surface area contributed by atoms with Crippen molar-refractivity contribution >= 4 is 11.9 Å². The van der Waals surface area contributed by atoms with Gasteiger partial charge in [-0.25, -0.2) is 4.79 Å². The Morgan fingerprint density at radius 3 is 2.74 bits per heavy atom. The van der Waals surface area contributed by atoms with Gasteiger partial charge in [-0.3, -0.25) is 4.79 Å². The van der Waals surface area contributed by atoms with Gasteiger partial charge in [0.1, 0.15) is 12.2 Å². The van der Waals surface area contributed by atoms with Crippen LogP contribution in [0.25, 0.3) is 0 Å². The molecule has 1 saturated heterocycles. The number of esters is 2. The Bertz CT molecular complexity index is 520. The van der Waals surface area contributed by atoms with Crippen molar-refractivity contribution in [3.63, 3.8) is 0 Å². The molecule has 2 saturated carbocycles. The Hall–Kier alpha value is -1.83. The minimum Gasteiger partial charge on any atom is -0.458 e. The maximum Gasteiger partial charge on any atom is 0.333 e. The van der Waals surface area contributed by atoms with Crippen molar-refractivity contribution in [2.45, 2.75) is 26.1 Å². The Morgan fingerprint density at radius 1 is 1.47 bits per heavy atom. The molecular weight excluding hydrogens is 246 g/mol. The molecule has 3 fully saturated rings. The van der Waals surface area contributed by atoms with Gasteiger partial charge in [0.15, 0.2) is 0 Å². The topological polar surface area (TPSA) is 76.4 Å². The highest BCUT2D eigenvalue weighted by atomic mass is 16.6. The minimum atomic E-state index is -0.503. The van der Waals surface area contributed by atoms with E-state index in [2.05, 4.69) is 12.6 Å². The molecule has 2 aliphatic carbocycles. The fourth-order valence-electron chi connectivity index (χ4n) is 4.03. The molecule has 1 aliphatic heterocycles. The molecular formula is C14H15NO4. The fourth-order valence-corrected chi connectivity index (χ4v) is 4.03. The molecule has 3 rings (SSSR count). The van der Waals surface area contributed by atoms with E-state index in [9.17, 15) is 14.9 Å². The fraction of sp³-hybridized carbons (Fsp3) is 0.643. The molecule has 0 N–H and O–H groups in total. The number of fused-ring (bicyclic) bond motifs is 1. The van der Waals surface area contributed by atoms with Crippen molar-refractivity contribution in [3.05, 3.63) is 12.2 Å². The Morgan fingerprint density at radius 2 is 2.16 bits per heavy atom. The van der Waals surface area contributed by atoms with Crippen molar-refractivity contribution in [2.75, 3.05) is 0 Å². The molecule has 5 heteroatoms. The lowest BCUT2D eigenvalue weighted by Crippen LogP contribution is -2.40. The molecule has 19 heavy (non-hydrogen) atoms. The Balaban J connectivity index is 1.92. The van der Waals surface area contributed by atoms with E-state index in [1.807, 2.05) is 6.92 Å². The molecule has 0 aromatic rings. The first-order chi connectivity index (χ1) is 8.97. The third-order valence-corrected chi connectivity index (χ3v) is 4.78. The molecule has 0 amide bonds. The van der Waals surface area contributed by atoms with E-state index in [-0.39, 0.29) is 35.7 Å². The SMILES string of the molecule is C=C(C)C(=O)OC1C2OC(=O)C3C(C#N)C1[C@H](C)C23. The Labute approximate surface area is 111 Å². The van der Waals surface area contributed by atoms with Crippen LogP contribution in [-0.4, -0.2) is 24.1 Å². The molecule has 1 heterocycles. The van der Waals surface area contributed by atoms with Gasteiger partial charge in [-0.05, 0) is 12.8 Å². The van der Waals surface area contributed by atoms with Gasteiger partial charge in [0.25, 0.3) is 0 Å². The molecule has 6 unspecified atom stereocenters. The third kappa shape index (κ3) is 1.40. The molecule has 0 aromatic heterocycles. The van der Waals surface area contributed by atoms with E-state index in [0.29, 0.717) is 5.57 Å². The average molecular weight is 261 g/mol. The summed E-state index contributed by atoms with van der Waals surface area (Å²) in [7, 11) is 0. The highest BCUT2D eigenvalue weighted by Crippen LogP contribution is 2.61. The summed E-state index contributed by atoms with van der Waals surface area (Å²) in [5.74, 6) is -1.49. The van der Waals surface area contributed by atoms with Gasteiger partial charge in [0, 0.05) is 17.4 Å². The summed E-state index contributed by atoms with van der Waals surface area (Å²) in [4.78, 5) is 23.5. The number of ether oxygens (including phenoxy) is 2. The smallest absolute Gasteiger partial charge is 0.333 e. The summed E-state index contributed by atoms with van der Waals surface area (Å²) in [6.45, 7) is 7.12. The van der Waals surface area contributed by atoms with Crippen molar-refractivity contribution < 1.29 is 19.1 Å². The molecule has 2 bridgehead atoms. The maximum atomic E-state index is 11.8. The second kappa shape index (κ2) is 3.83. The first-order valence-corrected chi connectivity index (χ1v) is 6.44. The predicted octanol–water partition coefficient (Wildman–Crippen LogP) is 1.05. The second-order valence-corrected chi connectivity index (χ2v) is 5.75. The van der Waals surface area contributed by atoms with Gasteiger partial charge in [0.05, 0.1) is 17.9 Å². The van der Waals surface area contributed by atoms with Crippen molar-refractivity contribution in [2.24, 2.45) is 29.6 Å². The van der Waals surface area contributed by atoms with E-state index in [4.69, 9.17) is 9.47 Å². The van der Waals surface area contributed by atoms with E-state index in [0.717, 1.165) is 0 Å². The van der Waals surface area contributed by atoms with E-state index < -0.39 is 18.0 Å². The van der Waals surface area contributed by atoms with Crippen LogP contribution in [0.1, 0.15) is 13.8 Å². The average Bonchev–Trinajstić information content (AvgIpc) is 2.89. The molecule has 100 valence electrons. The number of hydrogen-bond acceptors (Lipinski definition) is 5. The number of nitriles is 1. The van der Waals surface area contributed by atoms with Crippen molar-refractivity contribution in [1.82, 2.24) is 0 Å². The van der Waals surface area contributed by atoms with Gasteiger partial charge < -0.3 is 9.47 Å². The van der Waals surface area contributed by atoms with E-state index >= 15 is 0 Å². The van der Waals surface area contributed by atoms with Crippen LogP contribution < -0.4 is 0 Å². The first-order valence-electron chi connectivity index (χ1n) is 6.44. The maximum absolute atomic E-state index is 11.8. The van der Waals surface area contributed by atoms with Crippen LogP contribution >= 0.6 is 0 Å². The first kappa shape index (κ1) is 12.2. The van der Waals surface area contributed by atoms with E-state index in [1.165, 1.54) is 0 Å². The van der Waals surface area contributed by atoms with Crippen molar-refractivity contribution in [1.29, 1.82) is 5.26 Å². The summed E-state index contributed by atoms with van der Waals surface area (Å²) in [6, 6.07) is 2.20. The molecule has 7 atom stereocenters. The molecule has 5 nitrogen and oxygen atoms in total. The Kier molecular flexibility index (Phi) is 2.46. The number of hydrogen-bond donors (Lipinski definition) is 0. The van der Waals surface area contributed by atoms with Crippen molar-refractivity contribution in [3.8, 4) is 6.07 Å². The van der Waals surface area contributed by atoms with Crippen LogP contribution in [0.4, 0.5) is 0 Å². The molecule has 3 aliphatic rings. The van der Waals surface area contributed by atoms with Gasteiger partial charge in [-0.15, -0.1) is 0 Å². The zero-order valence-corrected chi connectivity index (χ0v) is 10.8. The summed E-state index contributed by atoms with van der Waals surface area (Å²) in [5, 5.41) is 9.29. The summed E-state index contributed by atoms with van der Waals surface area (Å²) < 4.78 is 10.8. The largest absolute Gasteiger partial charge is 0.458 e. The number of rotatable bonds is 2. The standard InChI is InChI=1S/C14H15NO4/c1-5(2)13(16)18-11-8-6(3)9-10(7(8)4-15)14(17)19-12(9)11/h6-12H,1H2,2-3H3/t6-,7?,8?,9?,10?,11?,12?/m0/s1. The van der Waals surface area contributed by atoms with Crippen LogP contribution in [0.5, 0.6) is 0 Å². The lowest BCUT2D eigenvalue weighted by atomic mass is 9.79. The summed E-state index contributed by atoms with van der Waals surface area (Å²) in [5.41, 5.74) is 0.310. The van der Waals surface area contributed by atoms with Crippen LogP contribution in [0.15, 0.2) is 12.2 Å². The van der Waals surface area contributed by atoms with Crippen LogP contribution in [0.3, 0.4) is 0 Å². The molecule has 0 spiro atoms. The summed E-state index contributed by atoms with van der Waals surface area (Å²) >= 11 is 0. The zero-order valence-electron chi connectivity index (χ0n) is 10.8. The van der Waals surface area contributed by atoms with Crippen LogP contribution in [0.2, 0.25) is 0 Å². The number of carbonyl (C=O) groups excluding carboxylic acids is 2. The van der Waals surface area contributed by atoms with Crippen LogP contribution in [0, 0.1) is 40.9 Å². The monoisotopic (exact) mass is 261 g/mol. The van der Waals surface area contributed by atoms with Gasteiger partial charge in [-0.1, -0.05) is 13.5 Å². The number of carbonyl (C=O) groups is 2. The zero-order chi connectivity index (χ0) is 13.9. The second-order valence-electron chi connectivity index (χ2n) is 5.75. The predicted molar refractivity (Wildman–Crippen MR) is 63.3 cm³/mol. The van der Waals surface area contributed by atoms with Crippen LogP contribution in [-0.2, 0) is 19.1 Å². The highest BCUT2D eigenvalue weighted by Gasteiger charge is 2.71. The van der Waals surface area contributed by atoms with Gasteiger partial charge in [0.2, 0.25) is 0 Å². The van der Waals surface area contributed by atoms with E-state index in [1.54, 1.807) is 6.92 Å². The quantitative estimate of drug-likeness (QED) is 0.548. The van der Waals surface area contributed by atoms with Gasteiger partial charge in [-0.2, -0.15) is 5.26 Å². The third-order valence-electron chi connectivity index (χ3n) is 4.78. The lowest BCUT2D eigenvalue weighted by Gasteiger charge is -2.28. The molecule has 0 radical (unpaired) electrons. The summed E-state index contributed by atoms with van der Waals surface area (Å²) in [6.07, 6.45) is -0.887. The minimum absolute atomic E-state index is 0.00470. The molecule has 0 aromatic carbocycles.